The maximum Gasteiger partial charge on any atom is 0.223 e. The number of amides is 2. The first-order valence-electron chi connectivity index (χ1n) is 11.4. The van der Waals surface area contributed by atoms with Gasteiger partial charge in [-0.05, 0) is 50.5 Å². The molecule has 2 amide bonds. The quantitative estimate of drug-likeness (QED) is 0.759. The van der Waals surface area contributed by atoms with E-state index in [-0.39, 0.29) is 11.9 Å². The lowest BCUT2D eigenvalue weighted by atomic mass is 9.72. The van der Waals surface area contributed by atoms with Crippen LogP contribution < -0.4 is 5.32 Å². The molecule has 3 aliphatic rings. The molecule has 0 aromatic carbocycles. The van der Waals surface area contributed by atoms with Crippen LogP contribution in [0.15, 0.2) is 12.3 Å². The first kappa shape index (κ1) is 20.4. The van der Waals surface area contributed by atoms with Gasteiger partial charge >= 0.3 is 0 Å². The van der Waals surface area contributed by atoms with E-state index in [1.54, 1.807) is 0 Å². The average molecular weight is 402 g/mol. The fourth-order valence-electron chi connectivity index (χ4n) is 5.69. The number of nitrogens with zero attached hydrogens (tertiary/aromatic N) is 4. The van der Waals surface area contributed by atoms with Crippen molar-refractivity contribution >= 4 is 11.8 Å². The Morgan fingerprint density at radius 3 is 2.86 bits per heavy atom. The summed E-state index contributed by atoms with van der Waals surface area (Å²) in [5, 5.41) is 7.78. The summed E-state index contributed by atoms with van der Waals surface area (Å²) in [6.07, 6.45) is 7.39. The van der Waals surface area contributed by atoms with E-state index in [9.17, 15) is 9.59 Å². The van der Waals surface area contributed by atoms with Crippen LogP contribution in [-0.4, -0.2) is 63.1 Å². The Hall–Kier alpha value is -1.89. The molecule has 1 N–H and O–H groups in total. The highest BCUT2D eigenvalue weighted by molar-refractivity contribution is 5.78. The van der Waals surface area contributed by atoms with Crippen molar-refractivity contribution in [2.75, 3.05) is 19.6 Å². The topological polar surface area (TPSA) is 70.5 Å². The molecule has 0 saturated carbocycles. The van der Waals surface area contributed by atoms with Gasteiger partial charge < -0.3 is 10.2 Å². The summed E-state index contributed by atoms with van der Waals surface area (Å²) in [6.45, 7) is 8.50. The summed E-state index contributed by atoms with van der Waals surface area (Å²) in [7, 11) is 0. The van der Waals surface area contributed by atoms with E-state index in [1.807, 2.05) is 17.8 Å². The summed E-state index contributed by atoms with van der Waals surface area (Å²) < 4.78 is 1.98. The molecule has 7 heteroatoms. The van der Waals surface area contributed by atoms with Gasteiger partial charge in [0.15, 0.2) is 0 Å². The molecule has 7 nitrogen and oxygen atoms in total. The van der Waals surface area contributed by atoms with Crippen molar-refractivity contribution in [2.24, 2.45) is 11.8 Å². The van der Waals surface area contributed by atoms with E-state index in [0.717, 1.165) is 51.1 Å². The van der Waals surface area contributed by atoms with Crippen LogP contribution in [-0.2, 0) is 22.7 Å². The fraction of sp³-hybridized carbons (Fsp3) is 0.773. The van der Waals surface area contributed by atoms with Crippen LogP contribution in [0.5, 0.6) is 0 Å². The molecule has 1 aromatic heterocycles. The second kappa shape index (κ2) is 8.86. The van der Waals surface area contributed by atoms with Gasteiger partial charge in [-0.15, -0.1) is 0 Å². The normalized spacial score (nSPS) is 29.6. The Kier molecular flexibility index (Phi) is 6.23. The summed E-state index contributed by atoms with van der Waals surface area (Å²) in [5.41, 5.74) is 1.12. The van der Waals surface area contributed by atoms with Gasteiger partial charge in [-0.1, -0.05) is 6.92 Å². The van der Waals surface area contributed by atoms with E-state index in [0.29, 0.717) is 43.2 Å². The number of hydrogen-bond acceptors (Lipinski definition) is 4. The van der Waals surface area contributed by atoms with E-state index in [1.165, 1.54) is 6.42 Å². The zero-order valence-corrected chi connectivity index (χ0v) is 17.8. The third-order valence-electron chi connectivity index (χ3n) is 6.96. The predicted molar refractivity (Wildman–Crippen MR) is 111 cm³/mol. The maximum absolute atomic E-state index is 12.8. The number of aromatic nitrogens is 2. The van der Waals surface area contributed by atoms with Crippen LogP contribution >= 0.6 is 0 Å². The number of likely N-dealkylation sites (tertiary alicyclic amines) is 1. The highest BCUT2D eigenvalue weighted by Gasteiger charge is 2.49. The molecule has 3 fully saturated rings. The maximum atomic E-state index is 12.8. The highest BCUT2D eigenvalue weighted by Crippen LogP contribution is 2.41. The highest BCUT2D eigenvalue weighted by atomic mass is 16.2. The molecule has 0 spiro atoms. The number of carbonyl (C=O) groups excluding carboxylic acids is 2. The number of hydrogen-bond donors (Lipinski definition) is 1. The summed E-state index contributed by atoms with van der Waals surface area (Å²) in [6, 6.07) is 2.57. The van der Waals surface area contributed by atoms with Gasteiger partial charge in [0.2, 0.25) is 11.8 Å². The Labute approximate surface area is 173 Å². The van der Waals surface area contributed by atoms with Crippen LogP contribution in [0, 0.1) is 11.8 Å². The molecule has 3 saturated heterocycles. The van der Waals surface area contributed by atoms with Crippen LogP contribution in [0.25, 0.3) is 0 Å². The number of nitrogens with one attached hydrogen (secondary N) is 1. The molecule has 1 aromatic rings. The standard InChI is InChI=1S/C22H35N5O2/c1-3-6-21(28)23-12-20-17-11-16(19-7-5-8-22(29)27(19)20)13-25(14-17)15-18-9-10-26(4-2)24-18/h9-10,16-17,19-20H,3-8,11-15H2,1-2H3,(H,23,28)/t16-,17+,19+,20+/m1/s1. The van der Waals surface area contributed by atoms with E-state index >= 15 is 0 Å². The van der Waals surface area contributed by atoms with E-state index < -0.39 is 0 Å². The first-order valence-corrected chi connectivity index (χ1v) is 11.4. The number of carbonyl (C=O) groups is 2. The van der Waals surface area contributed by atoms with Crippen molar-refractivity contribution in [1.82, 2.24) is 24.9 Å². The molecule has 2 bridgehead atoms. The van der Waals surface area contributed by atoms with E-state index in [2.05, 4.69) is 33.2 Å². The van der Waals surface area contributed by atoms with Crippen molar-refractivity contribution in [3.8, 4) is 0 Å². The van der Waals surface area contributed by atoms with Crippen LogP contribution in [0.3, 0.4) is 0 Å². The summed E-state index contributed by atoms with van der Waals surface area (Å²) in [5.74, 6) is 1.35. The third-order valence-corrected chi connectivity index (χ3v) is 6.96. The van der Waals surface area contributed by atoms with Gasteiger partial charge in [-0.3, -0.25) is 19.2 Å². The Morgan fingerprint density at radius 2 is 2.10 bits per heavy atom. The van der Waals surface area contributed by atoms with Crippen molar-refractivity contribution in [1.29, 1.82) is 0 Å². The van der Waals surface area contributed by atoms with Crippen LogP contribution in [0.2, 0.25) is 0 Å². The fourth-order valence-corrected chi connectivity index (χ4v) is 5.69. The third kappa shape index (κ3) is 4.34. The van der Waals surface area contributed by atoms with E-state index in [4.69, 9.17) is 0 Å². The van der Waals surface area contributed by atoms with Gasteiger partial charge in [0.25, 0.3) is 0 Å². The Bertz CT molecular complexity index is 733. The molecule has 0 aliphatic carbocycles. The monoisotopic (exact) mass is 401 g/mol. The number of piperidine rings is 3. The molecule has 0 radical (unpaired) electrons. The second-order valence-electron chi connectivity index (χ2n) is 8.99. The Morgan fingerprint density at radius 1 is 1.28 bits per heavy atom. The minimum Gasteiger partial charge on any atom is -0.354 e. The smallest absolute Gasteiger partial charge is 0.223 e. The molecular weight excluding hydrogens is 366 g/mol. The van der Waals surface area contributed by atoms with Crippen LogP contribution in [0.1, 0.15) is 58.1 Å². The number of fused-ring (bicyclic) bond motifs is 4. The molecule has 3 aliphatic heterocycles. The van der Waals surface area contributed by atoms with Crippen molar-refractivity contribution < 1.29 is 9.59 Å². The molecule has 160 valence electrons. The summed E-state index contributed by atoms with van der Waals surface area (Å²) in [4.78, 5) is 29.6. The van der Waals surface area contributed by atoms with Crippen molar-refractivity contribution in [3.63, 3.8) is 0 Å². The minimum atomic E-state index is 0.105. The molecule has 4 rings (SSSR count). The van der Waals surface area contributed by atoms with Crippen molar-refractivity contribution in [3.05, 3.63) is 18.0 Å². The Balaban J connectivity index is 1.49. The minimum absolute atomic E-state index is 0.105. The number of rotatable bonds is 7. The predicted octanol–water partition coefficient (Wildman–Crippen LogP) is 2.02. The lowest BCUT2D eigenvalue weighted by Gasteiger charge is -2.56. The molecule has 4 heterocycles. The zero-order valence-electron chi connectivity index (χ0n) is 17.8. The second-order valence-corrected chi connectivity index (χ2v) is 8.99. The molecule has 29 heavy (non-hydrogen) atoms. The molecule has 4 atom stereocenters. The number of aryl methyl sites for hydroxylation is 1. The lowest BCUT2D eigenvalue weighted by molar-refractivity contribution is -0.153. The first-order chi connectivity index (χ1) is 14.1. The van der Waals surface area contributed by atoms with Gasteiger partial charge in [-0.2, -0.15) is 5.10 Å². The van der Waals surface area contributed by atoms with Gasteiger partial charge in [0, 0.05) is 57.8 Å². The molecular formula is C22H35N5O2. The van der Waals surface area contributed by atoms with Gasteiger partial charge in [0.1, 0.15) is 0 Å². The van der Waals surface area contributed by atoms with Gasteiger partial charge in [-0.25, -0.2) is 0 Å². The summed E-state index contributed by atoms with van der Waals surface area (Å²) >= 11 is 0. The zero-order chi connectivity index (χ0) is 20.4. The SMILES string of the molecule is CCCC(=O)NC[C@H]1[C@H]2C[C@H](CN(Cc3ccn(CC)n3)C2)[C@@H]2CCCC(=O)N21. The molecule has 0 unspecified atom stereocenters. The van der Waals surface area contributed by atoms with Crippen LogP contribution in [0.4, 0.5) is 0 Å². The lowest BCUT2D eigenvalue weighted by Crippen LogP contribution is -2.67. The average Bonchev–Trinajstić information content (AvgIpc) is 3.16. The largest absolute Gasteiger partial charge is 0.354 e. The van der Waals surface area contributed by atoms with Gasteiger partial charge in [0.05, 0.1) is 11.7 Å². The van der Waals surface area contributed by atoms with Crippen molar-refractivity contribution in [2.45, 2.75) is 77.5 Å².